The molecule has 0 unspecified atom stereocenters. The van der Waals surface area contributed by atoms with Crippen LogP contribution in [0.25, 0.3) is 0 Å². The van der Waals surface area contributed by atoms with Gasteiger partial charge in [-0.2, -0.15) is 0 Å². The van der Waals surface area contributed by atoms with Crippen molar-refractivity contribution in [1.29, 1.82) is 0 Å². The molecule has 0 bridgehead atoms. The van der Waals surface area contributed by atoms with Gasteiger partial charge in [0.15, 0.2) is 0 Å². The molecule has 1 fully saturated rings. The van der Waals surface area contributed by atoms with E-state index in [1.807, 2.05) is 13.0 Å². The Kier molecular flexibility index (Phi) is 3.13. The number of rotatable bonds is 1. The van der Waals surface area contributed by atoms with E-state index in [0.29, 0.717) is 6.54 Å². The van der Waals surface area contributed by atoms with E-state index >= 15 is 0 Å². The van der Waals surface area contributed by atoms with Crippen molar-refractivity contribution in [2.45, 2.75) is 13.3 Å². The first-order valence-electron chi connectivity index (χ1n) is 5.59. The molecule has 17 heavy (non-hydrogen) atoms. The molecular formula is C13H15FN2O. The first-order valence-corrected chi connectivity index (χ1v) is 5.59. The quantitative estimate of drug-likeness (QED) is 0.732. The average Bonchev–Trinajstić information content (AvgIpc) is 2.34. The maximum atomic E-state index is 12.8. The summed E-state index contributed by atoms with van der Waals surface area (Å²) in [6, 6.07) is 5.92. The van der Waals surface area contributed by atoms with Gasteiger partial charge < -0.3 is 4.90 Å². The van der Waals surface area contributed by atoms with Gasteiger partial charge in [0.25, 0.3) is 0 Å². The highest BCUT2D eigenvalue weighted by Crippen LogP contribution is 2.24. The molecule has 1 saturated heterocycles. The van der Waals surface area contributed by atoms with Crippen molar-refractivity contribution in [3.05, 3.63) is 41.9 Å². The van der Waals surface area contributed by atoms with Gasteiger partial charge in [0.1, 0.15) is 5.82 Å². The molecule has 0 N–H and O–H groups in total. The zero-order valence-electron chi connectivity index (χ0n) is 9.98. The van der Waals surface area contributed by atoms with Crippen molar-refractivity contribution < 1.29 is 9.18 Å². The summed E-state index contributed by atoms with van der Waals surface area (Å²) < 4.78 is 12.8. The Balaban J connectivity index is 2.24. The van der Waals surface area contributed by atoms with Crippen LogP contribution in [-0.4, -0.2) is 24.5 Å². The van der Waals surface area contributed by atoms with Gasteiger partial charge in [0.05, 0.1) is 0 Å². The van der Waals surface area contributed by atoms with Crippen LogP contribution in [0.5, 0.6) is 0 Å². The largest absolute Gasteiger partial charge is 0.328 e. The van der Waals surface area contributed by atoms with Crippen LogP contribution in [0.3, 0.4) is 0 Å². The van der Waals surface area contributed by atoms with Gasteiger partial charge in [-0.1, -0.05) is 6.08 Å². The van der Waals surface area contributed by atoms with Gasteiger partial charge in [-0.25, -0.2) is 9.18 Å². The van der Waals surface area contributed by atoms with Gasteiger partial charge >= 0.3 is 6.03 Å². The van der Waals surface area contributed by atoms with Crippen molar-refractivity contribution in [1.82, 2.24) is 4.90 Å². The standard InChI is InChI=1S/C13H15FN2O/c1-3-11-8-9-16(13(17)15(11)2)12-6-4-10(14)5-7-12/h3-7H,8-9H2,1-2H3. The number of carbonyl (C=O) groups excluding carboxylic acids is 1. The third kappa shape index (κ3) is 2.16. The number of halogens is 1. The Labute approximate surface area is 100 Å². The van der Waals surface area contributed by atoms with Crippen LogP contribution < -0.4 is 4.90 Å². The molecule has 0 atom stereocenters. The zero-order valence-corrected chi connectivity index (χ0v) is 9.98. The molecule has 1 aromatic rings. The molecule has 4 heteroatoms. The summed E-state index contributed by atoms with van der Waals surface area (Å²) in [6.45, 7) is 2.56. The lowest BCUT2D eigenvalue weighted by Gasteiger charge is -2.35. The van der Waals surface area contributed by atoms with E-state index < -0.39 is 0 Å². The number of allylic oxidation sites excluding steroid dienone is 1. The number of nitrogens with zero attached hydrogens (tertiary/aromatic N) is 2. The number of hydrogen-bond donors (Lipinski definition) is 0. The van der Waals surface area contributed by atoms with E-state index in [0.717, 1.165) is 17.8 Å². The predicted molar refractivity (Wildman–Crippen MR) is 65.3 cm³/mol. The Hall–Kier alpha value is -1.84. The first kappa shape index (κ1) is 11.6. The molecule has 0 radical (unpaired) electrons. The number of amides is 2. The molecule has 90 valence electrons. The van der Waals surface area contributed by atoms with Crippen molar-refractivity contribution in [3.63, 3.8) is 0 Å². The molecule has 3 nitrogen and oxygen atoms in total. The number of hydrogen-bond acceptors (Lipinski definition) is 1. The lowest BCUT2D eigenvalue weighted by atomic mass is 10.2. The van der Waals surface area contributed by atoms with Crippen molar-refractivity contribution in [2.24, 2.45) is 0 Å². The fourth-order valence-corrected chi connectivity index (χ4v) is 1.99. The number of carbonyl (C=O) groups is 1. The fourth-order valence-electron chi connectivity index (χ4n) is 1.99. The molecule has 2 amide bonds. The van der Waals surface area contributed by atoms with E-state index in [2.05, 4.69) is 0 Å². The molecule has 0 aliphatic carbocycles. The molecule has 1 aliphatic rings. The predicted octanol–water partition coefficient (Wildman–Crippen LogP) is 2.99. The second-order valence-corrected chi connectivity index (χ2v) is 4.00. The highest BCUT2D eigenvalue weighted by atomic mass is 19.1. The van der Waals surface area contributed by atoms with E-state index in [9.17, 15) is 9.18 Å². The second kappa shape index (κ2) is 4.57. The Bertz CT molecular complexity index is 453. The van der Waals surface area contributed by atoms with Gasteiger partial charge in [-0.15, -0.1) is 0 Å². The zero-order chi connectivity index (χ0) is 12.4. The highest BCUT2D eigenvalue weighted by Gasteiger charge is 2.26. The topological polar surface area (TPSA) is 23.6 Å². The lowest BCUT2D eigenvalue weighted by Crippen LogP contribution is -2.46. The molecule has 0 aromatic heterocycles. The van der Waals surface area contributed by atoms with Crippen LogP contribution in [0.15, 0.2) is 36.0 Å². The molecule has 1 aliphatic heterocycles. The SMILES string of the molecule is CC=C1CCN(c2ccc(F)cc2)C(=O)N1C. The Morgan fingerprint density at radius 2 is 1.94 bits per heavy atom. The van der Waals surface area contributed by atoms with Crippen molar-refractivity contribution in [3.8, 4) is 0 Å². The number of benzene rings is 1. The Morgan fingerprint density at radius 1 is 1.29 bits per heavy atom. The second-order valence-electron chi connectivity index (χ2n) is 4.00. The Morgan fingerprint density at radius 3 is 2.53 bits per heavy atom. The summed E-state index contributed by atoms with van der Waals surface area (Å²) >= 11 is 0. The van der Waals surface area contributed by atoms with Crippen molar-refractivity contribution >= 4 is 11.7 Å². The summed E-state index contributed by atoms with van der Waals surface area (Å²) in [7, 11) is 1.76. The average molecular weight is 234 g/mol. The third-order valence-electron chi connectivity index (χ3n) is 3.01. The first-order chi connectivity index (χ1) is 8.13. The van der Waals surface area contributed by atoms with Gasteiger partial charge in [-0.05, 0) is 31.2 Å². The minimum atomic E-state index is -0.291. The molecule has 2 rings (SSSR count). The number of urea groups is 1. The molecule has 0 spiro atoms. The van der Waals surface area contributed by atoms with E-state index in [4.69, 9.17) is 0 Å². The van der Waals surface area contributed by atoms with Gasteiger partial charge in [-0.3, -0.25) is 4.90 Å². The summed E-state index contributed by atoms with van der Waals surface area (Å²) in [4.78, 5) is 15.4. The molecular weight excluding hydrogens is 219 g/mol. The van der Waals surface area contributed by atoms with Crippen LogP contribution in [0.2, 0.25) is 0 Å². The minimum Gasteiger partial charge on any atom is -0.301 e. The van der Waals surface area contributed by atoms with Gasteiger partial charge in [0.2, 0.25) is 0 Å². The molecule has 1 aromatic carbocycles. The monoisotopic (exact) mass is 234 g/mol. The summed E-state index contributed by atoms with van der Waals surface area (Å²) in [6.07, 6.45) is 2.76. The fraction of sp³-hybridized carbons (Fsp3) is 0.308. The normalized spacial score (nSPS) is 19.0. The maximum absolute atomic E-state index is 12.8. The smallest absolute Gasteiger partial charge is 0.301 e. The van der Waals surface area contributed by atoms with Crippen LogP contribution in [0.4, 0.5) is 14.9 Å². The highest BCUT2D eigenvalue weighted by molar-refractivity contribution is 5.93. The molecule has 1 heterocycles. The van der Waals surface area contributed by atoms with Crippen LogP contribution in [0, 0.1) is 5.82 Å². The van der Waals surface area contributed by atoms with Crippen LogP contribution in [-0.2, 0) is 0 Å². The maximum Gasteiger partial charge on any atom is 0.328 e. The van der Waals surface area contributed by atoms with E-state index in [1.54, 1.807) is 29.0 Å². The van der Waals surface area contributed by atoms with E-state index in [1.165, 1.54) is 12.1 Å². The number of anilines is 1. The van der Waals surface area contributed by atoms with Gasteiger partial charge in [0, 0.05) is 31.4 Å². The lowest BCUT2D eigenvalue weighted by molar-refractivity contribution is 0.219. The third-order valence-corrected chi connectivity index (χ3v) is 3.01. The van der Waals surface area contributed by atoms with Crippen molar-refractivity contribution in [2.75, 3.05) is 18.5 Å². The molecule has 0 saturated carbocycles. The summed E-state index contributed by atoms with van der Waals surface area (Å²) in [5.41, 5.74) is 1.76. The minimum absolute atomic E-state index is 0.0732. The summed E-state index contributed by atoms with van der Waals surface area (Å²) in [5.74, 6) is -0.291. The summed E-state index contributed by atoms with van der Waals surface area (Å²) in [5, 5.41) is 0. The van der Waals surface area contributed by atoms with Crippen LogP contribution in [0.1, 0.15) is 13.3 Å². The van der Waals surface area contributed by atoms with Crippen LogP contribution >= 0.6 is 0 Å². The van der Waals surface area contributed by atoms with E-state index in [-0.39, 0.29) is 11.8 Å².